The molecular formula is C14H12F3NO2S. The molecule has 1 aromatic heterocycles. The Morgan fingerprint density at radius 3 is 2.14 bits per heavy atom. The lowest BCUT2D eigenvalue weighted by atomic mass is 10.1. The lowest BCUT2D eigenvalue weighted by molar-refractivity contribution is -0.139. The van der Waals surface area contributed by atoms with Crippen LogP contribution in [0.5, 0.6) is 0 Å². The average Bonchev–Trinajstić information content (AvgIpc) is 2.37. The van der Waals surface area contributed by atoms with Crippen molar-refractivity contribution < 1.29 is 21.6 Å². The summed E-state index contributed by atoms with van der Waals surface area (Å²) < 4.78 is 61.9. The Kier molecular flexibility index (Phi) is 3.79. The van der Waals surface area contributed by atoms with Gasteiger partial charge in [-0.3, -0.25) is 4.98 Å². The van der Waals surface area contributed by atoms with E-state index in [1.54, 1.807) is 19.1 Å². The molecule has 0 bridgehead atoms. The van der Waals surface area contributed by atoms with Gasteiger partial charge in [-0.25, -0.2) is 8.42 Å². The van der Waals surface area contributed by atoms with Crippen LogP contribution in [0.4, 0.5) is 13.2 Å². The first kappa shape index (κ1) is 15.5. The molecular weight excluding hydrogens is 303 g/mol. The Morgan fingerprint density at radius 1 is 1.05 bits per heavy atom. The molecule has 0 saturated carbocycles. The van der Waals surface area contributed by atoms with Gasteiger partial charge in [0.2, 0.25) is 0 Å². The standard InChI is InChI=1S/C14H12F3NO2S/c1-9-3-4-11(8-18-9)10-5-6-12(14(15,16)17)13(7-10)21(2,19)20/h3-8H,1-2H3. The van der Waals surface area contributed by atoms with Gasteiger partial charge in [0.15, 0.2) is 9.84 Å². The van der Waals surface area contributed by atoms with Crippen LogP contribution in [0, 0.1) is 6.92 Å². The van der Waals surface area contributed by atoms with E-state index < -0.39 is 26.5 Å². The Balaban J connectivity index is 2.65. The molecule has 7 heteroatoms. The van der Waals surface area contributed by atoms with Crippen molar-refractivity contribution in [2.75, 3.05) is 6.26 Å². The lowest BCUT2D eigenvalue weighted by Gasteiger charge is -2.13. The highest BCUT2D eigenvalue weighted by atomic mass is 32.2. The van der Waals surface area contributed by atoms with E-state index in [1.807, 2.05) is 0 Å². The summed E-state index contributed by atoms with van der Waals surface area (Å²) in [4.78, 5) is 3.32. The van der Waals surface area contributed by atoms with E-state index in [0.717, 1.165) is 24.1 Å². The molecule has 0 fully saturated rings. The quantitative estimate of drug-likeness (QED) is 0.852. The maximum Gasteiger partial charge on any atom is 0.417 e. The van der Waals surface area contributed by atoms with Gasteiger partial charge in [-0.05, 0) is 30.7 Å². The molecule has 112 valence electrons. The third-order valence-electron chi connectivity index (χ3n) is 2.93. The first-order valence-electron chi connectivity index (χ1n) is 5.93. The van der Waals surface area contributed by atoms with E-state index in [1.165, 1.54) is 12.3 Å². The fourth-order valence-electron chi connectivity index (χ4n) is 1.88. The molecule has 1 heterocycles. The van der Waals surface area contributed by atoms with E-state index in [4.69, 9.17) is 0 Å². The van der Waals surface area contributed by atoms with Crippen molar-refractivity contribution in [2.24, 2.45) is 0 Å². The predicted molar refractivity (Wildman–Crippen MR) is 72.5 cm³/mol. The summed E-state index contributed by atoms with van der Waals surface area (Å²) in [7, 11) is -4.00. The van der Waals surface area contributed by atoms with Gasteiger partial charge in [-0.1, -0.05) is 12.1 Å². The van der Waals surface area contributed by atoms with Crippen LogP contribution in [0.2, 0.25) is 0 Å². The molecule has 0 unspecified atom stereocenters. The number of aryl methyl sites for hydroxylation is 1. The van der Waals surface area contributed by atoms with E-state index in [0.29, 0.717) is 11.1 Å². The molecule has 3 nitrogen and oxygen atoms in total. The number of aromatic nitrogens is 1. The number of pyridine rings is 1. The second kappa shape index (κ2) is 5.14. The van der Waals surface area contributed by atoms with E-state index >= 15 is 0 Å². The Bertz CT molecular complexity index is 766. The molecule has 0 spiro atoms. The molecule has 2 aromatic rings. The van der Waals surface area contributed by atoms with Gasteiger partial charge in [0, 0.05) is 23.7 Å². The van der Waals surface area contributed by atoms with Gasteiger partial charge in [0.1, 0.15) is 0 Å². The molecule has 0 saturated heterocycles. The summed E-state index contributed by atoms with van der Waals surface area (Å²) >= 11 is 0. The number of sulfone groups is 1. The van der Waals surface area contributed by atoms with Crippen LogP contribution in [-0.2, 0) is 16.0 Å². The normalized spacial score (nSPS) is 12.4. The molecule has 0 N–H and O–H groups in total. The van der Waals surface area contributed by atoms with Crippen LogP contribution in [0.3, 0.4) is 0 Å². The second-order valence-corrected chi connectivity index (χ2v) is 6.65. The molecule has 0 atom stereocenters. The SMILES string of the molecule is Cc1ccc(-c2ccc(C(F)(F)F)c(S(C)(=O)=O)c2)cn1. The molecule has 0 radical (unpaired) electrons. The minimum Gasteiger partial charge on any atom is -0.261 e. The topological polar surface area (TPSA) is 47.0 Å². The van der Waals surface area contributed by atoms with Crippen LogP contribution in [0.1, 0.15) is 11.3 Å². The smallest absolute Gasteiger partial charge is 0.261 e. The monoisotopic (exact) mass is 315 g/mol. The molecule has 0 aliphatic carbocycles. The average molecular weight is 315 g/mol. The van der Waals surface area contributed by atoms with Gasteiger partial charge in [-0.2, -0.15) is 13.2 Å². The van der Waals surface area contributed by atoms with Crippen molar-refractivity contribution in [1.82, 2.24) is 4.98 Å². The number of hydrogen-bond acceptors (Lipinski definition) is 3. The van der Waals surface area contributed by atoms with Crippen LogP contribution in [-0.4, -0.2) is 19.7 Å². The lowest BCUT2D eigenvalue weighted by Crippen LogP contribution is -2.12. The predicted octanol–water partition coefficient (Wildman–Crippen LogP) is 3.48. The van der Waals surface area contributed by atoms with Crippen LogP contribution >= 0.6 is 0 Å². The van der Waals surface area contributed by atoms with Crippen LogP contribution < -0.4 is 0 Å². The van der Waals surface area contributed by atoms with Crippen molar-refractivity contribution in [3.05, 3.63) is 47.8 Å². The Morgan fingerprint density at radius 2 is 1.67 bits per heavy atom. The minimum atomic E-state index is -4.72. The summed E-state index contributed by atoms with van der Waals surface area (Å²) in [5.74, 6) is 0. The van der Waals surface area contributed by atoms with Crippen molar-refractivity contribution in [3.8, 4) is 11.1 Å². The zero-order chi connectivity index (χ0) is 15.8. The maximum absolute atomic E-state index is 12.9. The van der Waals surface area contributed by atoms with Crippen LogP contribution in [0.15, 0.2) is 41.4 Å². The molecule has 0 amide bonds. The molecule has 1 aromatic carbocycles. The van der Waals surface area contributed by atoms with Crippen molar-refractivity contribution >= 4 is 9.84 Å². The number of rotatable bonds is 2. The first-order chi connectivity index (χ1) is 9.59. The summed E-state index contributed by atoms with van der Waals surface area (Å²) in [6.07, 6.45) is -2.47. The van der Waals surface area contributed by atoms with Gasteiger partial charge in [0.25, 0.3) is 0 Å². The van der Waals surface area contributed by atoms with Crippen molar-refractivity contribution in [1.29, 1.82) is 0 Å². The largest absolute Gasteiger partial charge is 0.417 e. The maximum atomic E-state index is 12.9. The summed E-state index contributed by atoms with van der Waals surface area (Å²) in [6.45, 7) is 1.78. The molecule has 2 rings (SSSR count). The Labute approximate surface area is 120 Å². The molecule has 0 aliphatic rings. The summed E-state index contributed by atoms with van der Waals surface area (Å²) in [5.41, 5.74) is 0.526. The number of alkyl halides is 3. The second-order valence-electron chi connectivity index (χ2n) is 4.67. The van der Waals surface area contributed by atoms with Gasteiger partial charge < -0.3 is 0 Å². The van der Waals surface area contributed by atoms with E-state index in [2.05, 4.69) is 4.98 Å². The van der Waals surface area contributed by atoms with Crippen LogP contribution in [0.25, 0.3) is 11.1 Å². The number of hydrogen-bond donors (Lipinski definition) is 0. The van der Waals surface area contributed by atoms with Gasteiger partial charge in [0.05, 0.1) is 10.5 Å². The van der Waals surface area contributed by atoms with E-state index in [-0.39, 0.29) is 0 Å². The van der Waals surface area contributed by atoms with Gasteiger partial charge >= 0.3 is 6.18 Å². The van der Waals surface area contributed by atoms with Crippen molar-refractivity contribution in [3.63, 3.8) is 0 Å². The summed E-state index contributed by atoms with van der Waals surface area (Å²) in [5, 5.41) is 0. The molecule has 21 heavy (non-hydrogen) atoms. The fourth-order valence-corrected chi connectivity index (χ4v) is 2.81. The number of nitrogens with zero attached hydrogens (tertiary/aromatic N) is 1. The first-order valence-corrected chi connectivity index (χ1v) is 7.82. The number of benzene rings is 1. The fraction of sp³-hybridized carbons (Fsp3) is 0.214. The third-order valence-corrected chi connectivity index (χ3v) is 4.07. The third kappa shape index (κ3) is 3.41. The molecule has 0 aliphatic heterocycles. The highest BCUT2D eigenvalue weighted by Crippen LogP contribution is 2.36. The van der Waals surface area contributed by atoms with Gasteiger partial charge in [-0.15, -0.1) is 0 Å². The number of halogens is 3. The van der Waals surface area contributed by atoms with Crippen molar-refractivity contribution in [2.45, 2.75) is 18.0 Å². The zero-order valence-electron chi connectivity index (χ0n) is 11.3. The zero-order valence-corrected chi connectivity index (χ0v) is 12.1. The van der Waals surface area contributed by atoms with E-state index in [9.17, 15) is 21.6 Å². The minimum absolute atomic E-state index is 0.371. The highest BCUT2D eigenvalue weighted by molar-refractivity contribution is 7.90. The Hall–Kier alpha value is -1.89. The summed E-state index contributed by atoms with van der Waals surface area (Å²) in [6, 6.07) is 6.43. The highest BCUT2D eigenvalue weighted by Gasteiger charge is 2.36.